The Kier molecular flexibility index (Phi) is 6.82. The summed E-state index contributed by atoms with van der Waals surface area (Å²) in [6.07, 6.45) is 0. The summed E-state index contributed by atoms with van der Waals surface area (Å²) in [5.74, 6) is 0. The Hall–Kier alpha value is -0.410. The van der Waals surface area contributed by atoms with Crippen LogP contribution in [0.3, 0.4) is 0 Å². The lowest BCUT2D eigenvalue weighted by molar-refractivity contribution is 1.50. The monoisotopic (exact) mass is 215 g/mol. The summed E-state index contributed by atoms with van der Waals surface area (Å²) in [5, 5.41) is 0. The molecule has 0 aliphatic heterocycles. The van der Waals surface area contributed by atoms with Crippen LogP contribution in [0, 0.1) is 6.92 Å². The lowest BCUT2D eigenvalue weighted by Crippen LogP contribution is -1.54. The van der Waals surface area contributed by atoms with E-state index in [4.69, 9.17) is 0 Å². The van der Waals surface area contributed by atoms with Crippen LogP contribution in [0.15, 0.2) is 11.6 Å². The van der Waals surface area contributed by atoms with Crippen LogP contribution in [0.5, 0.6) is 0 Å². The van der Waals surface area contributed by atoms with Gasteiger partial charge in [-0.05, 0) is 13.0 Å². The molecule has 0 saturated heterocycles. The molecule has 2 aromatic rings. The van der Waals surface area contributed by atoms with Crippen molar-refractivity contribution in [3.8, 4) is 0 Å². The van der Waals surface area contributed by atoms with E-state index < -0.39 is 0 Å². The van der Waals surface area contributed by atoms with Crippen molar-refractivity contribution in [3.63, 3.8) is 0 Å². The van der Waals surface area contributed by atoms with Crippen LogP contribution >= 0.6 is 22.7 Å². The van der Waals surface area contributed by atoms with Crippen molar-refractivity contribution in [2.75, 3.05) is 0 Å². The first-order valence-corrected chi connectivity index (χ1v) is 6.35. The highest BCUT2D eigenvalue weighted by Crippen LogP contribution is 2.26. The molecule has 0 atom stereocenters. The van der Waals surface area contributed by atoms with Crippen molar-refractivity contribution in [3.05, 3.63) is 16.5 Å². The van der Waals surface area contributed by atoms with Gasteiger partial charge in [0.25, 0.3) is 0 Å². The Labute approximate surface area is 88.4 Å². The van der Waals surface area contributed by atoms with Gasteiger partial charge in [-0.25, -0.2) is 4.98 Å². The van der Waals surface area contributed by atoms with Crippen LogP contribution in [-0.4, -0.2) is 4.98 Å². The van der Waals surface area contributed by atoms with Gasteiger partial charge >= 0.3 is 0 Å². The number of thiophene rings is 1. The summed E-state index contributed by atoms with van der Waals surface area (Å²) in [6, 6.07) is 2.12. The molecule has 0 N–H and O–H groups in total. The van der Waals surface area contributed by atoms with Gasteiger partial charge < -0.3 is 0 Å². The molecular weight excluding hydrogens is 198 g/mol. The second kappa shape index (κ2) is 7.04. The van der Waals surface area contributed by atoms with Gasteiger partial charge in [0, 0.05) is 4.88 Å². The SMILES string of the molecule is CC.CC.Cc1cc2ncsc2s1. The zero-order valence-corrected chi connectivity index (χ0v) is 10.6. The summed E-state index contributed by atoms with van der Waals surface area (Å²) in [4.78, 5) is 5.52. The van der Waals surface area contributed by atoms with E-state index in [1.54, 1.807) is 11.3 Å². The van der Waals surface area contributed by atoms with Gasteiger partial charge in [-0.3, -0.25) is 0 Å². The van der Waals surface area contributed by atoms with Gasteiger partial charge in [-0.15, -0.1) is 22.7 Å². The van der Waals surface area contributed by atoms with Gasteiger partial charge in [0.1, 0.15) is 4.01 Å². The normalized spacial score (nSPS) is 8.38. The minimum atomic E-state index is 1.16. The van der Waals surface area contributed by atoms with Crippen molar-refractivity contribution in [1.82, 2.24) is 4.98 Å². The second-order valence-electron chi connectivity index (χ2n) is 1.88. The summed E-state index contributed by atoms with van der Waals surface area (Å²) < 4.78 is 1.34. The van der Waals surface area contributed by atoms with Crippen LogP contribution in [-0.2, 0) is 0 Å². The maximum Gasteiger partial charge on any atom is 0.107 e. The lowest BCUT2D eigenvalue weighted by atomic mass is 10.5. The standard InChI is InChI=1S/C6H5NS2.2C2H6/c1-4-2-5-6(9-4)8-3-7-5;2*1-2/h2-3H,1H3;2*1-2H3. The lowest BCUT2D eigenvalue weighted by Gasteiger charge is -1.69. The topological polar surface area (TPSA) is 12.9 Å². The molecule has 0 spiro atoms. The van der Waals surface area contributed by atoms with Crippen LogP contribution in [0.4, 0.5) is 0 Å². The van der Waals surface area contributed by atoms with Gasteiger partial charge in [-0.1, -0.05) is 27.7 Å². The molecule has 2 heterocycles. The van der Waals surface area contributed by atoms with E-state index in [1.165, 1.54) is 8.89 Å². The molecule has 0 fully saturated rings. The molecular formula is C10H17NS2. The largest absolute Gasteiger partial charge is 0.244 e. The molecule has 0 saturated carbocycles. The molecule has 74 valence electrons. The number of aryl methyl sites for hydroxylation is 1. The molecule has 2 rings (SSSR count). The molecule has 1 nitrogen and oxygen atoms in total. The molecule has 0 unspecified atom stereocenters. The summed E-state index contributed by atoms with van der Waals surface area (Å²) in [7, 11) is 0. The first-order chi connectivity index (χ1) is 6.36. The zero-order chi connectivity index (χ0) is 10.3. The number of fused-ring (bicyclic) bond motifs is 1. The predicted molar refractivity (Wildman–Crippen MR) is 64.9 cm³/mol. The Morgan fingerprint density at radius 2 is 1.77 bits per heavy atom. The molecule has 3 heteroatoms. The number of thiazole rings is 1. The third kappa shape index (κ3) is 3.44. The summed E-state index contributed by atoms with van der Waals surface area (Å²) >= 11 is 3.53. The van der Waals surface area contributed by atoms with Crippen LogP contribution in [0.2, 0.25) is 0 Å². The second-order valence-corrected chi connectivity index (χ2v) is 4.25. The van der Waals surface area contributed by atoms with Crippen LogP contribution in [0.1, 0.15) is 32.6 Å². The predicted octanol–water partition coefficient (Wildman–Crippen LogP) is 4.72. The molecule has 13 heavy (non-hydrogen) atoms. The maximum absolute atomic E-state index is 4.17. The smallest absolute Gasteiger partial charge is 0.107 e. The Bertz CT molecular complexity index is 294. The molecule has 0 radical (unpaired) electrons. The minimum Gasteiger partial charge on any atom is -0.244 e. The molecule has 0 amide bonds. The van der Waals surface area contributed by atoms with Crippen LogP contribution < -0.4 is 0 Å². The maximum atomic E-state index is 4.17. The molecule has 2 aromatic heterocycles. The Morgan fingerprint density at radius 1 is 1.15 bits per heavy atom. The van der Waals surface area contributed by atoms with Crippen molar-refractivity contribution in [2.24, 2.45) is 0 Å². The number of nitrogens with zero attached hydrogens (tertiary/aromatic N) is 1. The highest BCUT2D eigenvalue weighted by atomic mass is 32.2. The zero-order valence-electron chi connectivity index (χ0n) is 8.92. The average Bonchev–Trinajstić information content (AvgIpc) is 2.71. The fraction of sp³-hybridized carbons (Fsp3) is 0.500. The molecule has 0 aliphatic rings. The van der Waals surface area contributed by atoms with Gasteiger partial charge in [0.15, 0.2) is 0 Å². The van der Waals surface area contributed by atoms with E-state index in [-0.39, 0.29) is 0 Å². The highest BCUT2D eigenvalue weighted by Gasteiger charge is 1.97. The molecule has 0 aliphatic carbocycles. The number of aromatic nitrogens is 1. The Balaban J connectivity index is 0.000000322. The number of rotatable bonds is 0. The Morgan fingerprint density at radius 3 is 2.31 bits per heavy atom. The highest BCUT2D eigenvalue weighted by molar-refractivity contribution is 7.37. The van der Waals surface area contributed by atoms with E-state index in [0.717, 1.165) is 5.52 Å². The average molecular weight is 215 g/mol. The van der Waals surface area contributed by atoms with Crippen molar-refractivity contribution in [1.29, 1.82) is 0 Å². The van der Waals surface area contributed by atoms with E-state index in [9.17, 15) is 0 Å². The fourth-order valence-corrected chi connectivity index (χ4v) is 2.67. The fourth-order valence-electron chi connectivity index (χ4n) is 0.785. The minimum absolute atomic E-state index is 1.16. The molecule has 0 bridgehead atoms. The quantitative estimate of drug-likeness (QED) is 0.619. The summed E-state index contributed by atoms with van der Waals surface area (Å²) in [5.41, 5.74) is 3.04. The third-order valence-corrected chi connectivity index (χ3v) is 3.16. The van der Waals surface area contributed by atoms with Gasteiger partial charge in [0.05, 0.1) is 11.0 Å². The first kappa shape index (κ1) is 12.6. The van der Waals surface area contributed by atoms with Crippen molar-refractivity contribution >= 4 is 32.2 Å². The van der Waals surface area contributed by atoms with E-state index in [2.05, 4.69) is 18.0 Å². The summed E-state index contributed by atoms with van der Waals surface area (Å²) in [6.45, 7) is 10.1. The van der Waals surface area contributed by atoms with Crippen LogP contribution in [0.25, 0.3) is 9.53 Å². The molecule has 0 aromatic carbocycles. The van der Waals surface area contributed by atoms with Gasteiger partial charge in [0.2, 0.25) is 0 Å². The number of hydrogen-bond donors (Lipinski definition) is 0. The van der Waals surface area contributed by atoms with Crippen molar-refractivity contribution < 1.29 is 0 Å². The first-order valence-electron chi connectivity index (χ1n) is 4.66. The van der Waals surface area contributed by atoms with Gasteiger partial charge in [-0.2, -0.15) is 0 Å². The van der Waals surface area contributed by atoms with Crippen molar-refractivity contribution in [2.45, 2.75) is 34.6 Å². The van der Waals surface area contributed by atoms with E-state index in [0.29, 0.717) is 0 Å². The third-order valence-electron chi connectivity index (χ3n) is 1.15. The van der Waals surface area contributed by atoms with E-state index in [1.807, 2.05) is 44.5 Å². The van der Waals surface area contributed by atoms with E-state index >= 15 is 0 Å². The number of hydrogen-bond acceptors (Lipinski definition) is 3.